The Morgan fingerprint density at radius 2 is 1.89 bits per heavy atom. The van der Waals surface area contributed by atoms with Gasteiger partial charge in [-0.1, -0.05) is 41.4 Å². The second-order valence-corrected chi connectivity index (χ2v) is 7.42. The lowest BCUT2D eigenvalue weighted by atomic mass is 10.2. The largest absolute Gasteiger partial charge is 0.378 e. The molecule has 150 valence electrons. The summed E-state index contributed by atoms with van der Waals surface area (Å²) in [6.07, 6.45) is 0. The van der Waals surface area contributed by atoms with Gasteiger partial charge in [0, 0.05) is 25.2 Å². The van der Waals surface area contributed by atoms with Crippen LogP contribution < -0.4 is 0 Å². The van der Waals surface area contributed by atoms with Crippen LogP contribution in [0.1, 0.15) is 21.6 Å². The number of rotatable bonds is 5. The van der Waals surface area contributed by atoms with Crippen LogP contribution in [0.2, 0.25) is 10.2 Å². The second kappa shape index (κ2) is 8.94. The number of aryl methyl sites for hydroxylation is 1. The predicted molar refractivity (Wildman–Crippen MR) is 107 cm³/mol. The van der Waals surface area contributed by atoms with Gasteiger partial charge >= 0.3 is 0 Å². The summed E-state index contributed by atoms with van der Waals surface area (Å²) in [5.41, 5.74) is 1.65. The summed E-state index contributed by atoms with van der Waals surface area (Å²) in [5, 5.41) is 5.22. The number of amides is 2. The molecule has 2 amide bonds. The first-order valence-electron chi connectivity index (χ1n) is 8.95. The highest BCUT2D eigenvalue weighted by atomic mass is 35.5. The molecule has 0 unspecified atom stereocenters. The minimum atomic E-state index is -0.338. The topological polar surface area (TPSA) is 67.7 Å². The standard InChI is InChI=1S/C19H22Cl2N4O3/c1-13-17(18(21)25(22-13)11-14-5-3-4-6-15(14)20)19(27)23(2)12-16(26)24-7-9-28-10-8-24/h3-6H,7-12H2,1-2H3. The van der Waals surface area contributed by atoms with Crippen molar-refractivity contribution in [3.63, 3.8) is 0 Å². The minimum absolute atomic E-state index is 0.0235. The van der Waals surface area contributed by atoms with E-state index in [1.807, 2.05) is 18.2 Å². The van der Waals surface area contributed by atoms with Crippen molar-refractivity contribution < 1.29 is 14.3 Å². The van der Waals surface area contributed by atoms with Crippen LogP contribution in [-0.2, 0) is 16.1 Å². The van der Waals surface area contributed by atoms with E-state index in [-0.39, 0.29) is 23.5 Å². The van der Waals surface area contributed by atoms with Crippen LogP contribution in [0.15, 0.2) is 24.3 Å². The monoisotopic (exact) mass is 424 g/mol. The third-order valence-corrected chi connectivity index (χ3v) is 5.39. The molecule has 0 N–H and O–H groups in total. The summed E-state index contributed by atoms with van der Waals surface area (Å²) in [7, 11) is 1.59. The molecular formula is C19H22Cl2N4O3. The van der Waals surface area contributed by atoms with Gasteiger partial charge in [0.2, 0.25) is 5.91 Å². The molecule has 1 aliphatic heterocycles. The number of ether oxygens (including phenoxy) is 1. The van der Waals surface area contributed by atoms with E-state index in [1.165, 1.54) is 4.90 Å². The van der Waals surface area contributed by atoms with Crippen LogP contribution in [0.4, 0.5) is 0 Å². The Kier molecular flexibility index (Phi) is 6.59. The normalized spacial score (nSPS) is 14.2. The highest BCUT2D eigenvalue weighted by Crippen LogP contribution is 2.24. The number of carbonyl (C=O) groups excluding carboxylic acids is 2. The van der Waals surface area contributed by atoms with E-state index in [0.29, 0.717) is 49.1 Å². The van der Waals surface area contributed by atoms with E-state index >= 15 is 0 Å². The number of hydrogen-bond acceptors (Lipinski definition) is 4. The molecule has 1 fully saturated rings. The second-order valence-electron chi connectivity index (χ2n) is 6.65. The Bertz CT molecular complexity index is 878. The SMILES string of the molecule is Cc1nn(Cc2ccccc2Cl)c(Cl)c1C(=O)N(C)CC(=O)N1CCOCC1. The van der Waals surface area contributed by atoms with Gasteiger partial charge in [-0.15, -0.1) is 0 Å². The summed E-state index contributed by atoms with van der Waals surface area (Å²) in [5.74, 6) is -0.453. The zero-order valence-electron chi connectivity index (χ0n) is 15.8. The summed E-state index contributed by atoms with van der Waals surface area (Å²) >= 11 is 12.7. The molecule has 3 rings (SSSR count). The third-order valence-electron chi connectivity index (χ3n) is 4.64. The van der Waals surface area contributed by atoms with E-state index in [9.17, 15) is 9.59 Å². The molecule has 0 atom stereocenters. The first kappa shape index (κ1) is 20.6. The van der Waals surface area contributed by atoms with Crippen LogP contribution in [0.5, 0.6) is 0 Å². The number of nitrogens with zero attached hydrogens (tertiary/aromatic N) is 4. The lowest BCUT2D eigenvalue weighted by Gasteiger charge is -2.28. The van der Waals surface area contributed by atoms with Crippen LogP contribution in [-0.4, -0.2) is 71.3 Å². The fourth-order valence-electron chi connectivity index (χ4n) is 3.07. The van der Waals surface area contributed by atoms with E-state index < -0.39 is 0 Å². The van der Waals surface area contributed by atoms with E-state index in [4.69, 9.17) is 27.9 Å². The number of benzene rings is 1. The molecule has 0 radical (unpaired) electrons. The Labute approximate surface area is 173 Å². The molecule has 2 heterocycles. The fourth-order valence-corrected chi connectivity index (χ4v) is 3.58. The van der Waals surface area contributed by atoms with Gasteiger partial charge in [0.25, 0.3) is 5.91 Å². The fraction of sp³-hybridized carbons (Fsp3) is 0.421. The number of hydrogen-bond donors (Lipinski definition) is 0. The first-order chi connectivity index (χ1) is 13.4. The highest BCUT2D eigenvalue weighted by molar-refractivity contribution is 6.33. The van der Waals surface area contributed by atoms with Gasteiger partial charge < -0.3 is 14.5 Å². The van der Waals surface area contributed by atoms with Crippen LogP contribution in [0.3, 0.4) is 0 Å². The average Bonchev–Trinajstić information content (AvgIpc) is 2.96. The maximum atomic E-state index is 12.9. The van der Waals surface area contributed by atoms with Crippen molar-refractivity contribution in [2.45, 2.75) is 13.5 Å². The van der Waals surface area contributed by atoms with Crippen molar-refractivity contribution in [1.29, 1.82) is 0 Å². The number of halogens is 2. The summed E-state index contributed by atoms with van der Waals surface area (Å²) in [6.45, 7) is 4.16. The van der Waals surface area contributed by atoms with Crippen LogP contribution >= 0.6 is 23.2 Å². The van der Waals surface area contributed by atoms with Gasteiger partial charge in [-0.05, 0) is 18.6 Å². The molecule has 28 heavy (non-hydrogen) atoms. The molecular weight excluding hydrogens is 403 g/mol. The zero-order chi connectivity index (χ0) is 20.3. The highest BCUT2D eigenvalue weighted by Gasteiger charge is 2.26. The number of likely N-dealkylation sites (N-methyl/N-ethyl adjacent to an activating group) is 1. The quantitative estimate of drug-likeness (QED) is 0.739. The summed E-state index contributed by atoms with van der Waals surface area (Å²) < 4.78 is 6.80. The molecule has 7 nitrogen and oxygen atoms in total. The maximum absolute atomic E-state index is 12.9. The maximum Gasteiger partial charge on any atom is 0.259 e. The molecule has 1 aromatic heterocycles. The summed E-state index contributed by atoms with van der Waals surface area (Å²) in [4.78, 5) is 28.4. The molecule has 2 aromatic rings. The number of carbonyl (C=O) groups is 2. The average molecular weight is 425 g/mol. The molecule has 0 aliphatic carbocycles. The van der Waals surface area contributed by atoms with Crippen molar-refractivity contribution in [2.75, 3.05) is 39.9 Å². The number of morpholine rings is 1. The van der Waals surface area contributed by atoms with E-state index in [2.05, 4.69) is 5.10 Å². The molecule has 1 aromatic carbocycles. The molecule has 0 bridgehead atoms. The lowest BCUT2D eigenvalue weighted by molar-refractivity contribution is -0.135. The minimum Gasteiger partial charge on any atom is -0.378 e. The van der Waals surface area contributed by atoms with Crippen molar-refractivity contribution in [3.05, 3.63) is 51.3 Å². The van der Waals surface area contributed by atoms with Crippen molar-refractivity contribution in [3.8, 4) is 0 Å². The zero-order valence-corrected chi connectivity index (χ0v) is 17.3. The number of aromatic nitrogens is 2. The van der Waals surface area contributed by atoms with Crippen molar-refractivity contribution in [1.82, 2.24) is 19.6 Å². The smallest absolute Gasteiger partial charge is 0.259 e. The predicted octanol–water partition coefficient (Wildman–Crippen LogP) is 2.48. The van der Waals surface area contributed by atoms with E-state index in [1.54, 1.807) is 29.6 Å². The van der Waals surface area contributed by atoms with Crippen molar-refractivity contribution >= 4 is 35.0 Å². The van der Waals surface area contributed by atoms with Crippen LogP contribution in [0, 0.1) is 6.92 Å². The van der Waals surface area contributed by atoms with E-state index in [0.717, 1.165) is 5.56 Å². The van der Waals surface area contributed by atoms with Gasteiger partial charge in [0.1, 0.15) is 5.15 Å². The Hall–Kier alpha value is -2.09. The molecule has 1 saturated heterocycles. The molecule has 0 saturated carbocycles. The van der Waals surface area contributed by atoms with Gasteiger partial charge in [0.05, 0.1) is 37.6 Å². The van der Waals surface area contributed by atoms with Crippen LogP contribution in [0.25, 0.3) is 0 Å². The van der Waals surface area contributed by atoms with Gasteiger partial charge in [0.15, 0.2) is 0 Å². The Morgan fingerprint density at radius 1 is 1.21 bits per heavy atom. The third kappa shape index (κ3) is 4.48. The molecule has 9 heteroatoms. The lowest BCUT2D eigenvalue weighted by Crippen LogP contribution is -2.46. The molecule has 0 spiro atoms. The molecule has 1 aliphatic rings. The van der Waals surface area contributed by atoms with Gasteiger partial charge in [-0.3, -0.25) is 9.59 Å². The Balaban J connectivity index is 1.73. The van der Waals surface area contributed by atoms with Gasteiger partial charge in [-0.25, -0.2) is 4.68 Å². The van der Waals surface area contributed by atoms with Crippen molar-refractivity contribution in [2.24, 2.45) is 0 Å². The Morgan fingerprint density at radius 3 is 2.57 bits per heavy atom. The first-order valence-corrected chi connectivity index (χ1v) is 9.71. The van der Waals surface area contributed by atoms with Gasteiger partial charge in [-0.2, -0.15) is 5.10 Å². The summed E-state index contributed by atoms with van der Waals surface area (Å²) in [6, 6.07) is 7.39.